The molecule has 1 amide bonds. The zero-order valence-electron chi connectivity index (χ0n) is 24.8. The second-order valence-corrected chi connectivity index (χ2v) is 11.0. The fourth-order valence-electron chi connectivity index (χ4n) is 5.27. The van der Waals surface area contributed by atoms with Gasteiger partial charge >= 0.3 is 6.61 Å². The summed E-state index contributed by atoms with van der Waals surface area (Å²) in [4.78, 5) is 22.1. The van der Waals surface area contributed by atoms with Crippen LogP contribution in [0.4, 0.5) is 23.2 Å². The Morgan fingerprint density at radius 3 is 2.80 bits per heavy atom. The van der Waals surface area contributed by atoms with Gasteiger partial charge in [-0.15, -0.1) is 5.10 Å². The zero-order valence-corrected chi connectivity index (χ0v) is 24.8. The number of fused-ring (bicyclic) bond motifs is 1. The highest BCUT2D eigenvalue weighted by molar-refractivity contribution is 6.09. The lowest BCUT2D eigenvalue weighted by Crippen LogP contribution is -2.57. The van der Waals surface area contributed by atoms with Crippen molar-refractivity contribution >= 4 is 17.2 Å². The quantitative estimate of drug-likeness (QED) is 0.191. The number of anilines is 1. The smallest absolute Gasteiger partial charge is 0.387 e. The summed E-state index contributed by atoms with van der Waals surface area (Å²) in [6.07, 6.45) is 2.64. The van der Waals surface area contributed by atoms with Crippen molar-refractivity contribution in [1.29, 1.82) is 0 Å². The number of halogens is 4. The number of carbonyl (C=O) groups excluding carboxylic acids is 1. The van der Waals surface area contributed by atoms with E-state index in [9.17, 15) is 22.4 Å². The van der Waals surface area contributed by atoms with Gasteiger partial charge in [-0.3, -0.25) is 14.4 Å². The van der Waals surface area contributed by atoms with Crippen LogP contribution in [0, 0.1) is 0 Å². The maximum atomic E-state index is 13.4. The summed E-state index contributed by atoms with van der Waals surface area (Å²) in [7, 11) is 4.10. The average molecular weight is 643 g/mol. The number of hydrogen-bond acceptors (Lipinski definition) is 10. The fourth-order valence-corrected chi connectivity index (χ4v) is 5.27. The molecule has 0 atom stereocenters. The lowest BCUT2D eigenvalue weighted by molar-refractivity contribution is -0.0494. The summed E-state index contributed by atoms with van der Waals surface area (Å²) in [6, 6.07) is 5.84. The van der Waals surface area contributed by atoms with Crippen molar-refractivity contribution in [3.05, 3.63) is 66.0 Å². The molecule has 0 radical (unpaired) electrons. The third kappa shape index (κ3) is 6.81. The minimum Gasteiger partial charge on any atom is -0.434 e. The number of carbonyl (C=O) groups is 1. The lowest BCUT2D eigenvalue weighted by Gasteiger charge is -2.42. The standard InChI is InChI=1S/C28H30F4N12O2/c1-40-13-18(14-40)41(2)8-9-43-24(36-38-39-43)16-42-15-21(35-27(45)20-12-34-44-7-3-6-33-26(20)44)25(37-42)19-10-17(11-23(29)30)4-5-22(19)46-28(31)32/h3-7,10,12,15,18,23,28H,8-9,11,13-14,16H2,1-2H3,(H,35,45). The van der Waals surface area contributed by atoms with E-state index >= 15 is 0 Å². The van der Waals surface area contributed by atoms with Gasteiger partial charge in [0.05, 0.1) is 18.4 Å². The van der Waals surface area contributed by atoms with Crippen LogP contribution >= 0.6 is 0 Å². The first-order valence-corrected chi connectivity index (χ1v) is 14.3. The highest BCUT2D eigenvalue weighted by Gasteiger charge is 2.27. The third-order valence-corrected chi connectivity index (χ3v) is 7.68. The molecule has 0 spiro atoms. The molecule has 0 aliphatic carbocycles. The van der Waals surface area contributed by atoms with E-state index in [1.54, 1.807) is 16.9 Å². The fraction of sp³-hybridized carbons (Fsp3) is 0.393. The predicted molar refractivity (Wildman–Crippen MR) is 156 cm³/mol. The van der Waals surface area contributed by atoms with E-state index in [1.807, 2.05) is 7.05 Å². The molecule has 0 bridgehead atoms. The molecule has 1 aromatic carbocycles. The number of alkyl halides is 4. The molecule has 6 rings (SSSR count). The molecule has 1 N–H and O–H groups in total. The summed E-state index contributed by atoms with van der Waals surface area (Å²) in [5, 5.41) is 23.5. The van der Waals surface area contributed by atoms with Crippen LogP contribution in [-0.4, -0.2) is 113 Å². The third-order valence-electron chi connectivity index (χ3n) is 7.68. The number of likely N-dealkylation sites (N-methyl/N-ethyl adjacent to an activating group) is 2. The van der Waals surface area contributed by atoms with Gasteiger partial charge in [-0.05, 0) is 48.3 Å². The normalized spacial score (nSPS) is 14.1. The summed E-state index contributed by atoms with van der Waals surface area (Å²) >= 11 is 0. The Kier molecular flexibility index (Phi) is 8.89. The summed E-state index contributed by atoms with van der Waals surface area (Å²) in [5.74, 6) is -0.460. The van der Waals surface area contributed by atoms with E-state index in [4.69, 9.17) is 4.74 Å². The molecule has 4 aromatic heterocycles. The van der Waals surface area contributed by atoms with Gasteiger partial charge in [0, 0.05) is 56.3 Å². The minimum atomic E-state index is -3.20. The Balaban J connectivity index is 1.33. The summed E-state index contributed by atoms with van der Waals surface area (Å²) < 4.78 is 62.6. The van der Waals surface area contributed by atoms with Crippen molar-refractivity contribution in [2.45, 2.75) is 38.6 Å². The Hall–Kier alpha value is -4.97. The summed E-state index contributed by atoms with van der Waals surface area (Å²) in [5.41, 5.74) is 0.680. The highest BCUT2D eigenvalue weighted by atomic mass is 19.3. The molecule has 0 unspecified atom stereocenters. The second kappa shape index (κ2) is 13.2. The molecular weight excluding hydrogens is 612 g/mol. The Labute approximate surface area is 259 Å². The number of benzene rings is 1. The SMILES string of the molecule is CN1CC(N(C)CCn2nnnc2Cn2cc(NC(=O)c3cnn4cccnc34)c(-c3cc(CC(F)F)ccc3OC(F)F)n2)C1. The van der Waals surface area contributed by atoms with E-state index in [2.05, 4.69) is 52.9 Å². The number of hydrogen-bond donors (Lipinski definition) is 1. The lowest BCUT2D eigenvalue weighted by atomic mass is 10.0. The molecule has 1 aliphatic heterocycles. The van der Waals surface area contributed by atoms with Gasteiger partial charge in [-0.2, -0.15) is 19.0 Å². The molecule has 46 heavy (non-hydrogen) atoms. The largest absolute Gasteiger partial charge is 0.434 e. The molecule has 5 aromatic rings. The second-order valence-electron chi connectivity index (χ2n) is 11.0. The monoisotopic (exact) mass is 642 g/mol. The van der Waals surface area contributed by atoms with Gasteiger partial charge in [-0.1, -0.05) is 6.07 Å². The number of likely N-dealkylation sites (tertiary alicyclic amines) is 1. The highest BCUT2D eigenvalue weighted by Crippen LogP contribution is 2.36. The first kappa shape index (κ1) is 31.0. The maximum Gasteiger partial charge on any atom is 0.387 e. The number of nitrogens with one attached hydrogen (secondary N) is 1. The first-order chi connectivity index (χ1) is 22.1. The molecule has 242 valence electrons. The number of amides is 1. The number of nitrogens with zero attached hydrogens (tertiary/aromatic N) is 11. The van der Waals surface area contributed by atoms with Gasteiger partial charge in [0.2, 0.25) is 6.43 Å². The number of aromatic nitrogens is 9. The first-order valence-electron chi connectivity index (χ1n) is 14.3. The molecule has 18 heteroatoms. The Morgan fingerprint density at radius 1 is 1.22 bits per heavy atom. The van der Waals surface area contributed by atoms with Crippen LogP contribution in [0.3, 0.4) is 0 Å². The van der Waals surface area contributed by atoms with Crippen LogP contribution in [0.25, 0.3) is 16.9 Å². The van der Waals surface area contributed by atoms with E-state index in [0.29, 0.717) is 25.0 Å². The van der Waals surface area contributed by atoms with Crippen LogP contribution in [0.2, 0.25) is 0 Å². The van der Waals surface area contributed by atoms with Crippen LogP contribution in [0.1, 0.15) is 21.7 Å². The van der Waals surface area contributed by atoms with Crippen LogP contribution in [0.15, 0.2) is 49.1 Å². The Bertz CT molecular complexity index is 1820. The van der Waals surface area contributed by atoms with Crippen molar-refractivity contribution in [3.63, 3.8) is 0 Å². The van der Waals surface area contributed by atoms with Crippen molar-refractivity contribution in [2.75, 3.05) is 39.0 Å². The molecular formula is C28H30F4N12O2. The van der Waals surface area contributed by atoms with Gasteiger partial charge < -0.3 is 15.0 Å². The maximum absolute atomic E-state index is 13.4. The van der Waals surface area contributed by atoms with Gasteiger partial charge in [-0.25, -0.2) is 23.0 Å². The Morgan fingerprint density at radius 2 is 2.04 bits per heavy atom. The number of ether oxygens (including phenoxy) is 1. The number of tetrazole rings is 1. The van der Waals surface area contributed by atoms with E-state index < -0.39 is 25.4 Å². The van der Waals surface area contributed by atoms with Crippen molar-refractivity contribution in [3.8, 4) is 17.0 Å². The van der Waals surface area contributed by atoms with Crippen LogP contribution < -0.4 is 10.1 Å². The molecule has 0 saturated carbocycles. The van der Waals surface area contributed by atoms with Crippen molar-refractivity contribution in [1.82, 2.24) is 54.4 Å². The van der Waals surface area contributed by atoms with E-state index in [-0.39, 0.29) is 46.0 Å². The molecule has 1 fully saturated rings. The summed E-state index contributed by atoms with van der Waals surface area (Å²) in [6.45, 7) is -0.00396. The average Bonchev–Trinajstić information content (AvgIpc) is 3.73. The van der Waals surface area contributed by atoms with E-state index in [1.165, 1.54) is 46.0 Å². The van der Waals surface area contributed by atoms with Gasteiger partial charge in [0.15, 0.2) is 11.5 Å². The zero-order chi connectivity index (χ0) is 32.4. The minimum absolute atomic E-state index is 0.0115. The van der Waals surface area contributed by atoms with Gasteiger partial charge in [0.25, 0.3) is 5.91 Å². The van der Waals surface area contributed by atoms with Gasteiger partial charge in [0.1, 0.15) is 23.6 Å². The van der Waals surface area contributed by atoms with Crippen molar-refractivity contribution < 1.29 is 27.1 Å². The number of rotatable bonds is 13. The molecule has 14 nitrogen and oxygen atoms in total. The molecule has 1 saturated heterocycles. The molecule has 5 heterocycles. The topological polar surface area (TPSA) is 136 Å². The molecule has 1 aliphatic rings. The van der Waals surface area contributed by atoms with Crippen LogP contribution in [-0.2, 0) is 19.5 Å². The van der Waals surface area contributed by atoms with Crippen molar-refractivity contribution in [2.24, 2.45) is 0 Å². The van der Waals surface area contributed by atoms with Crippen LogP contribution in [0.5, 0.6) is 5.75 Å². The predicted octanol–water partition coefficient (Wildman–Crippen LogP) is 2.53. The van der Waals surface area contributed by atoms with E-state index in [0.717, 1.165) is 13.1 Å².